The van der Waals surface area contributed by atoms with Crippen molar-refractivity contribution in [1.29, 1.82) is 0 Å². The molecule has 7 nitrogen and oxygen atoms in total. The van der Waals surface area contributed by atoms with Crippen LogP contribution in [0.3, 0.4) is 0 Å². The highest BCUT2D eigenvalue weighted by Gasteiger charge is 2.27. The van der Waals surface area contributed by atoms with Crippen LogP contribution in [0.15, 0.2) is 18.2 Å². The molecule has 0 spiro atoms. The molecule has 0 unspecified atom stereocenters. The van der Waals surface area contributed by atoms with Crippen LogP contribution in [-0.2, 0) is 4.79 Å². The highest BCUT2D eigenvalue weighted by molar-refractivity contribution is 5.81. The lowest BCUT2D eigenvalue weighted by atomic mass is 10.2. The van der Waals surface area contributed by atoms with Gasteiger partial charge < -0.3 is 14.5 Å². The topological polar surface area (TPSA) is 75.9 Å². The van der Waals surface area contributed by atoms with Gasteiger partial charge in [0.1, 0.15) is 5.82 Å². The van der Waals surface area contributed by atoms with E-state index >= 15 is 0 Å². The van der Waals surface area contributed by atoms with Gasteiger partial charge in [-0.1, -0.05) is 6.92 Å². The number of nitro groups is 1. The van der Waals surface area contributed by atoms with Crippen LogP contribution in [0.25, 0.3) is 0 Å². The van der Waals surface area contributed by atoms with Gasteiger partial charge in [-0.2, -0.15) is 0 Å². The molecule has 2 rings (SSSR count). The average molecular weight is 325 g/mol. The van der Waals surface area contributed by atoms with Crippen molar-refractivity contribution < 1.29 is 18.8 Å². The second-order valence-electron chi connectivity index (χ2n) is 5.39. The second-order valence-corrected chi connectivity index (χ2v) is 5.39. The van der Waals surface area contributed by atoms with Crippen LogP contribution in [0.1, 0.15) is 13.8 Å². The Balaban J connectivity index is 2.04. The SMILES string of the molecule is CCN1CCN(C(=O)[C@@H](C)Oc2cc(F)ccc2[N+](=O)[O-])CC1. The van der Waals surface area contributed by atoms with Gasteiger partial charge in [-0.3, -0.25) is 14.9 Å². The molecule has 1 atom stereocenters. The number of carbonyl (C=O) groups is 1. The molecule has 0 aromatic heterocycles. The lowest BCUT2D eigenvalue weighted by Gasteiger charge is -2.35. The van der Waals surface area contributed by atoms with Gasteiger partial charge in [0.2, 0.25) is 5.75 Å². The summed E-state index contributed by atoms with van der Waals surface area (Å²) < 4.78 is 18.7. The molecule has 1 aromatic rings. The zero-order valence-corrected chi connectivity index (χ0v) is 13.2. The van der Waals surface area contributed by atoms with Crippen molar-refractivity contribution in [3.8, 4) is 5.75 Å². The van der Waals surface area contributed by atoms with Gasteiger partial charge in [0.25, 0.3) is 5.91 Å². The molecular weight excluding hydrogens is 305 g/mol. The minimum atomic E-state index is -0.913. The van der Waals surface area contributed by atoms with Crippen LogP contribution in [0.4, 0.5) is 10.1 Å². The maximum absolute atomic E-state index is 13.3. The third-order valence-electron chi connectivity index (χ3n) is 3.90. The predicted molar refractivity (Wildman–Crippen MR) is 81.8 cm³/mol. The van der Waals surface area contributed by atoms with Crippen LogP contribution in [0.5, 0.6) is 5.75 Å². The summed E-state index contributed by atoms with van der Waals surface area (Å²) >= 11 is 0. The first-order chi connectivity index (χ1) is 10.9. The maximum atomic E-state index is 13.3. The zero-order chi connectivity index (χ0) is 17.0. The first-order valence-corrected chi connectivity index (χ1v) is 7.54. The minimum Gasteiger partial charge on any atom is -0.474 e. The summed E-state index contributed by atoms with van der Waals surface area (Å²) in [6, 6.07) is 2.94. The molecule has 0 bridgehead atoms. The Morgan fingerprint density at radius 1 is 1.39 bits per heavy atom. The quantitative estimate of drug-likeness (QED) is 0.608. The number of halogens is 1. The van der Waals surface area contributed by atoms with Crippen LogP contribution in [-0.4, -0.2) is 59.5 Å². The smallest absolute Gasteiger partial charge is 0.311 e. The first-order valence-electron chi connectivity index (χ1n) is 7.54. The number of ether oxygens (including phenoxy) is 1. The van der Waals surface area contributed by atoms with Crippen molar-refractivity contribution in [1.82, 2.24) is 9.80 Å². The highest BCUT2D eigenvalue weighted by atomic mass is 19.1. The number of likely N-dealkylation sites (N-methyl/N-ethyl adjacent to an activating group) is 1. The molecule has 1 saturated heterocycles. The van der Waals surface area contributed by atoms with E-state index < -0.39 is 16.8 Å². The monoisotopic (exact) mass is 325 g/mol. The third-order valence-corrected chi connectivity index (χ3v) is 3.90. The summed E-state index contributed by atoms with van der Waals surface area (Å²) in [6.07, 6.45) is -0.913. The molecule has 23 heavy (non-hydrogen) atoms. The molecule has 126 valence electrons. The van der Waals surface area contributed by atoms with E-state index in [-0.39, 0.29) is 17.3 Å². The van der Waals surface area contributed by atoms with Gasteiger partial charge in [-0.05, 0) is 19.5 Å². The largest absolute Gasteiger partial charge is 0.474 e. The van der Waals surface area contributed by atoms with E-state index in [9.17, 15) is 19.3 Å². The standard InChI is InChI=1S/C15H20FN3O4/c1-3-17-6-8-18(9-7-17)15(20)11(2)23-14-10-12(16)4-5-13(14)19(21)22/h4-5,10-11H,3,6-9H2,1-2H3/t11-/m1/s1. The Kier molecular flexibility index (Phi) is 5.49. The minimum absolute atomic E-state index is 0.233. The summed E-state index contributed by atoms with van der Waals surface area (Å²) in [5.41, 5.74) is -0.359. The number of benzene rings is 1. The lowest BCUT2D eigenvalue weighted by Crippen LogP contribution is -2.51. The van der Waals surface area contributed by atoms with Gasteiger partial charge in [0, 0.05) is 38.3 Å². The fourth-order valence-corrected chi connectivity index (χ4v) is 2.52. The van der Waals surface area contributed by atoms with E-state index in [1.807, 2.05) is 0 Å². The zero-order valence-electron chi connectivity index (χ0n) is 13.2. The average Bonchev–Trinajstić information content (AvgIpc) is 2.54. The number of piperazine rings is 1. The number of nitrogens with zero attached hydrogens (tertiary/aromatic N) is 3. The summed E-state index contributed by atoms with van der Waals surface area (Å²) in [5, 5.41) is 11.0. The van der Waals surface area contributed by atoms with E-state index in [1.165, 1.54) is 6.92 Å². The van der Waals surface area contributed by atoms with Crippen molar-refractivity contribution in [3.63, 3.8) is 0 Å². The molecule has 0 saturated carbocycles. The second kappa shape index (κ2) is 7.36. The number of carbonyl (C=O) groups excluding carboxylic acids is 1. The van der Waals surface area contributed by atoms with Crippen molar-refractivity contribution in [2.24, 2.45) is 0 Å². The van der Waals surface area contributed by atoms with E-state index in [1.54, 1.807) is 4.90 Å². The molecule has 1 aliphatic heterocycles. The molecule has 1 amide bonds. The Morgan fingerprint density at radius 3 is 2.61 bits per heavy atom. The number of amides is 1. The number of nitro benzene ring substituents is 1. The highest BCUT2D eigenvalue weighted by Crippen LogP contribution is 2.28. The molecule has 1 heterocycles. The molecule has 1 aliphatic rings. The summed E-state index contributed by atoms with van der Waals surface area (Å²) in [5.74, 6) is -1.14. The van der Waals surface area contributed by atoms with Gasteiger partial charge >= 0.3 is 5.69 Å². The van der Waals surface area contributed by atoms with Crippen molar-refractivity contribution >= 4 is 11.6 Å². The normalized spacial score (nSPS) is 16.9. The van der Waals surface area contributed by atoms with Crippen LogP contribution < -0.4 is 4.74 Å². The molecule has 1 aromatic carbocycles. The Morgan fingerprint density at radius 2 is 2.04 bits per heavy atom. The molecule has 0 N–H and O–H groups in total. The van der Waals surface area contributed by atoms with Gasteiger partial charge in [-0.25, -0.2) is 4.39 Å². The molecule has 8 heteroatoms. The summed E-state index contributed by atoms with van der Waals surface area (Å²) in [7, 11) is 0. The molecule has 0 radical (unpaired) electrons. The molecule has 1 fully saturated rings. The lowest BCUT2D eigenvalue weighted by molar-refractivity contribution is -0.386. The van der Waals surface area contributed by atoms with Crippen LogP contribution >= 0.6 is 0 Å². The van der Waals surface area contributed by atoms with Gasteiger partial charge in [-0.15, -0.1) is 0 Å². The molecular formula is C15H20FN3O4. The fourth-order valence-electron chi connectivity index (χ4n) is 2.52. The Bertz CT molecular complexity index is 588. The van der Waals surface area contributed by atoms with E-state index in [0.29, 0.717) is 13.1 Å². The number of hydrogen-bond acceptors (Lipinski definition) is 5. The van der Waals surface area contributed by atoms with E-state index in [0.717, 1.165) is 37.8 Å². The van der Waals surface area contributed by atoms with Crippen molar-refractivity contribution in [3.05, 3.63) is 34.1 Å². The van der Waals surface area contributed by atoms with Crippen LogP contribution in [0, 0.1) is 15.9 Å². The van der Waals surface area contributed by atoms with Gasteiger partial charge in [0.05, 0.1) is 4.92 Å². The van der Waals surface area contributed by atoms with E-state index in [4.69, 9.17) is 4.74 Å². The number of hydrogen-bond donors (Lipinski definition) is 0. The summed E-state index contributed by atoms with van der Waals surface area (Å²) in [4.78, 5) is 26.6. The maximum Gasteiger partial charge on any atom is 0.311 e. The van der Waals surface area contributed by atoms with Crippen molar-refractivity contribution in [2.45, 2.75) is 20.0 Å². The van der Waals surface area contributed by atoms with Crippen LogP contribution in [0.2, 0.25) is 0 Å². The third kappa shape index (κ3) is 4.16. The Labute approximate surface area is 133 Å². The summed E-state index contributed by atoms with van der Waals surface area (Å²) in [6.45, 7) is 7.26. The van der Waals surface area contributed by atoms with E-state index in [2.05, 4.69) is 11.8 Å². The van der Waals surface area contributed by atoms with Gasteiger partial charge in [0.15, 0.2) is 6.10 Å². The van der Waals surface area contributed by atoms with Crippen molar-refractivity contribution in [2.75, 3.05) is 32.7 Å². The first kappa shape index (κ1) is 17.1. The predicted octanol–water partition coefficient (Wildman–Crippen LogP) is 1.67. The molecule has 0 aliphatic carbocycles. The number of rotatable bonds is 5. The Hall–Kier alpha value is -2.22. The fraction of sp³-hybridized carbons (Fsp3) is 0.533.